The van der Waals surface area contributed by atoms with E-state index in [1.807, 2.05) is 6.07 Å². The number of carbonyl (C=O) groups is 1. The Bertz CT molecular complexity index is 689. The largest absolute Gasteiger partial charge is 0.481 e. The molecule has 2 amide bonds. The summed E-state index contributed by atoms with van der Waals surface area (Å²) in [6.45, 7) is 1.38. The van der Waals surface area contributed by atoms with Crippen molar-refractivity contribution in [1.29, 1.82) is 0 Å². The second-order valence-electron chi connectivity index (χ2n) is 5.64. The summed E-state index contributed by atoms with van der Waals surface area (Å²) in [5, 5.41) is 9.85. The fourth-order valence-corrected chi connectivity index (χ4v) is 2.89. The maximum Gasteiger partial charge on any atom is 0.322 e. The van der Waals surface area contributed by atoms with Gasteiger partial charge in [0.05, 0.1) is 14.2 Å². The van der Waals surface area contributed by atoms with Gasteiger partial charge in [0.15, 0.2) is 0 Å². The van der Waals surface area contributed by atoms with Crippen molar-refractivity contribution in [2.24, 2.45) is 0 Å². The van der Waals surface area contributed by atoms with Crippen LogP contribution in [0.3, 0.4) is 0 Å². The first-order chi connectivity index (χ1) is 11.7. The van der Waals surface area contributed by atoms with E-state index in [4.69, 9.17) is 9.47 Å². The second kappa shape index (κ2) is 7.20. The Kier molecular flexibility index (Phi) is 4.83. The van der Waals surface area contributed by atoms with Crippen LogP contribution in [0.25, 0.3) is 0 Å². The highest BCUT2D eigenvalue weighted by atomic mass is 16.5. The van der Waals surface area contributed by atoms with Gasteiger partial charge in [-0.3, -0.25) is 5.10 Å². The molecule has 1 atom stereocenters. The Labute approximate surface area is 140 Å². The fraction of sp³-hybridized carbons (Fsp3) is 0.438. The molecule has 1 aliphatic heterocycles. The van der Waals surface area contributed by atoms with Crippen LogP contribution in [0.2, 0.25) is 0 Å². The summed E-state index contributed by atoms with van der Waals surface area (Å²) in [5.41, 5.74) is 1.59. The third-order valence-electron chi connectivity index (χ3n) is 4.15. The Morgan fingerprint density at radius 2 is 2.21 bits per heavy atom. The van der Waals surface area contributed by atoms with Gasteiger partial charge in [0.25, 0.3) is 0 Å². The molecule has 1 fully saturated rings. The van der Waals surface area contributed by atoms with E-state index in [0.29, 0.717) is 24.0 Å². The third-order valence-corrected chi connectivity index (χ3v) is 4.15. The van der Waals surface area contributed by atoms with Gasteiger partial charge in [-0.1, -0.05) is 0 Å². The molecule has 0 aliphatic carbocycles. The van der Waals surface area contributed by atoms with Crippen molar-refractivity contribution in [2.45, 2.75) is 18.8 Å². The van der Waals surface area contributed by atoms with Gasteiger partial charge in [-0.25, -0.2) is 4.79 Å². The number of ether oxygens (including phenoxy) is 2. The van der Waals surface area contributed by atoms with Crippen molar-refractivity contribution in [1.82, 2.24) is 20.1 Å². The van der Waals surface area contributed by atoms with Crippen LogP contribution in [0.4, 0.5) is 10.5 Å². The highest BCUT2D eigenvalue weighted by molar-refractivity contribution is 5.90. The number of carbonyl (C=O) groups excluding carboxylic acids is 1. The zero-order valence-corrected chi connectivity index (χ0v) is 13.8. The van der Waals surface area contributed by atoms with Gasteiger partial charge in [-0.05, 0) is 25.0 Å². The van der Waals surface area contributed by atoms with Crippen LogP contribution in [-0.2, 0) is 0 Å². The van der Waals surface area contributed by atoms with Crippen LogP contribution < -0.4 is 14.8 Å². The molecule has 2 N–H and O–H groups in total. The Balaban J connectivity index is 1.68. The highest BCUT2D eigenvalue weighted by Crippen LogP contribution is 2.28. The molecular formula is C16H21N5O3. The summed E-state index contributed by atoms with van der Waals surface area (Å²) in [6.07, 6.45) is 3.73. The average molecular weight is 331 g/mol. The molecule has 1 aliphatic rings. The lowest BCUT2D eigenvalue weighted by molar-refractivity contribution is 0.192. The van der Waals surface area contributed by atoms with Crippen LogP contribution in [0.15, 0.2) is 24.4 Å². The lowest BCUT2D eigenvalue weighted by atomic mass is 9.95. The molecular weight excluding hydrogens is 310 g/mol. The number of nitrogens with one attached hydrogen (secondary N) is 2. The minimum absolute atomic E-state index is 0.163. The van der Waals surface area contributed by atoms with Crippen molar-refractivity contribution in [3.8, 4) is 11.8 Å². The molecule has 24 heavy (non-hydrogen) atoms. The molecule has 0 bridgehead atoms. The number of nitrogens with zero attached hydrogens (tertiary/aromatic N) is 3. The van der Waals surface area contributed by atoms with Crippen molar-refractivity contribution >= 4 is 11.7 Å². The molecule has 0 saturated carbocycles. The predicted octanol–water partition coefficient (Wildman–Crippen LogP) is 2.23. The topological polar surface area (TPSA) is 92.4 Å². The van der Waals surface area contributed by atoms with Gasteiger partial charge < -0.3 is 19.7 Å². The van der Waals surface area contributed by atoms with Gasteiger partial charge in [0, 0.05) is 37.0 Å². The Morgan fingerprint density at radius 3 is 2.92 bits per heavy atom. The number of amides is 2. The number of urea groups is 1. The van der Waals surface area contributed by atoms with Crippen molar-refractivity contribution in [3.05, 3.63) is 30.1 Å². The maximum absolute atomic E-state index is 12.6. The molecule has 0 spiro atoms. The van der Waals surface area contributed by atoms with Crippen molar-refractivity contribution in [3.63, 3.8) is 0 Å². The van der Waals surface area contributed by atoms with Gasteiger partial charge in [0.1, 0.15) is 5.69 Å². The van der Waals surface area contributed by atoms with Crippen LogP contribution in [0.1, 0.15) is 24.5 Å². The van der Waals surface area contributed by atoms with Crippen LogP contribution in [-0.4, -0.2) is 53.4 Å². The first kappa shape index (κ1) is 16.1. The van der Waals surface area contributed by atoms with E-state index >= 15 is 0 Å². The number of aromatic amines is 1. The monoisotopic (exact) mass is 331 g/mol. The van der Waals surface area contributed by atoms with Gasteiger partial charge in [-0.2, -0.15) is 10.1 Å². The second-order valence-corrected chi connectivity index (χ2v) is 5.64. The molecule has 8 heteroatoms. The molecule has 2 aromatic heterocycles. The van der Waals surface area contributed by atoms with Crippen LogP contribution >= 0.6 is 0 Å². The quantitative estimate of drug-likeness (QED) is 0.896. The molecule has 3 heterocycles. The van der Waals surface area contributed by atoms with E-state index in [2.05, 4.69) is 20.5 Å². The average Bonchev–Trinajstić information content (AvgIpc) is 3.17. The van der Waals surface area contributed by atoms with Crippen molar-refractivity contribution in [2.75, 3.05) is 32.6 Å². The lowest BCUT2D eigenvalue weighted by Crippen LogP contribution is -2.41. The van der Waals surface area contributed by atoms with E-state index in [-0.39, 0.29) is 11.9 Å². The number of likely N-dealkylation sites (tertiary alicyclic amines) is 1. The van der Waals surface area contributed by atoms with Crippen LogP contribution in [0.5, 0.6) is 11.8 Å². The fourth-order valence-electron chi connectivity index (χ4n) is 2.89. The number of anilines is 1. The summed E-state index contributed by atoms with van der Waals surface area (Å²) in [4.78, 5) is 18.6. The summed E-state index contributed by atoms with van der Waals surface area (Å²) < 4.78 is 10.3. The predicted molar refractivity (Wildman–Crippen MR) is 88.5 cm³/mol. The van der Waals surface area contributed by atoms with Gasteiger partial charge >= 0.3 is 6.03 Å². The Morgan fingerprint density at radius 1 is 1.33 bits per heavy atom. The Hall–Kier alpha value is -2.77. The van der Waals surface area contributed by atoms with Crippen LogP contribution in [0, 0.1) is 0 Å². The van der Waals surface area contributed by atoms with E-state index in [1.54, 1.807) is 23.2 Å². The molecule has 1 saturated heterocycles. The minimum Gasteiger partial charge on any atom is -0.481 e. The third kappa shape index (κ3) is 3.42. The SMILES string of the molecule is COc1ccc(NC(=O)N2CCC[C@H](c3ccn[nH]3)C2)c(OC)n1. The summed E-state index contributed by atoms with van der Waals surface area (Å²) in [5.74, 6) is 1.04. The maximum atomic E-state index is 12.6. The van der Waals surface area contributed by atoms with Crippen molar-refractivity contribution < 1.29 is 14.3 Å². The highest BCUT2D eigenvalue weighted by Gasteiger charge is 2.26. The molecule has 2 aromatic rings. The van der Waals surface area contributed by atoms with E-state index < -0.39 is 0 Å². The molecule has 0 unspecified atom stereocenters. The summed E-state index contributed by atoms with van der Waals surface area (Å²) >= 11 is 0. The van der Waals surface area contributed by atoms with E-state index in [9.17, 15) is 4.79 Å². The number of aromatic nitrogens is 3. The number of methoxy groups -OCH3 is 2. The number of H-pyrrole nitrogens is 1. The first-order valence-corrected chi connectivity index (χ1v) is 7.85. The smallest absolute Gasteiger partial charge is 0.322 e. The summed E-state index contributed by atoms with van der Waals surface area (Å²) in [6, 6.07) is 5.20. The molecule has 0 radical (unpaired) electrons. The normalized spacial score (nSPS) is 17.4. The molecule has 0 aromatic carbocycles. The van der Waals surface area contributed by atoms with E-state index in [0.717, 1.165) is 25.1 Å². The summed E-state index contributed by atoms with van der Waals surface area (Å²) in [7, 11) is 3.04. The number of pyridine rings is 1. The minimum atomic E-state index is -0.163. The van der Waals surface area contributed by atoms with Gasteiger partial charge in [0.2, 0.25) is 11.8 Å². The first-order valence-electron chi connectivity index (χ1n) is 7.85. The van der Waals surface area contributed by atoms with E-state index in [1.165, 1.54) is 14.2 Å². The zero-order valence-electron chi connectivity index (χ0n) is 13.8. The zero-order chi connectivity index (χ0) is 16.9. The molecule has 3 rings (SSSR count). The number of hydrogen-bond donors (Lipinski definition) is 2. The lowest BCUT2D eigenvalue weighted by Gasteiger charge is -2.32. The number of rotatable bonds is 4. The molecule has 8 nitrogen and oxygen atoms in total. The standard InChI is InChI=1S/C16H21N5O3/c1-23-14-6-5-13(15(19-14)24-2)18-16(22)21-9-3-4-11(10-21)12-7-8-17-20-12/h5-8,11H,3-4,9-10H2,1-2H3,(H,17,20)(H,18,22)/t11-/m0/s1. The number of hydrogen-bond acceptors (Lipinski definition) is 5. The number of piperidine rings is 1. The van der Waals surface area contributed by atoms with Gasteiger partial charge in [-0.15, -0.1) is 0 Å². The molecule has 128 valence electrons.